The van der Waals surface area contributed by atoms with E-state index in [0.29, 0.717) is 34.9 Å². The summed E-state index contributed by atoms with van der Waals surface area (Å²) in [6.45, 7) is 0.637. The lowest BCUT2D eigenvalue weighted by Gasteiger charge is -2.31. The molecule has 1 fully saturated rings. The lowest BCUT2D eigenvalue weighted by Crippen LogP contribution is -2.39. The molecular weight excluding hydrogens is 501 g/mol. The predicted molar refractivity (Wildman–Crippen MR) is 137 cm³/mol. The molecule has 1 saturated heterocycles. The molecule has 0 saturated carbocycles. The van der Waals surface area contributed by atoms with Crippen molar-refractivity contribution in [1.29, 1.82) is 0 Å². The Bertz CT molecular complexity index is 1310. The lowest BCUT2D eigenvalue weighted by molar-refractivity contribution is 0.0912. The van der Waals surface area contributed by atoms with Crippen LogP contribution >= 0.6 is 11.6 Å². The van der Waals surface area contributed by atoms with Crippen LogP contribution in [0.4, 0.5) is 15.0 Å². The summed E-state index contributed by atoms with van der Waals surface area (Å²) >= 11 is 6.00. The van der Waals surface area contributed by atoms with Gasteiger partial charge in [-0.2, -0.15) is 0 Å². The highest BCUT2D eigenvalue weighted by molar-refractivity contribution is 6.30. The van der Waals surface area contributed by atoms with Crippen molar-refractivity contribution in [3.05, 3.63) is 76.3 Å². The van der Waals surface area contributed by atoms with Crippen molar-refractivity contribution in [2.75, 3.05) is 32.5 Å². The zero-order chi connectivity index (χ0) is 26.5. The van der Waals surface area contributed by atoms with Crippen LogP contribution in [-0.2, 0) is 4.74 Å². The van der Waals surface area contributed by atoms with Crippen molar-refractivity contribution in [2.24, 2.45) is 0 Å². The van der Waals surface area contributed by atoms with E-state index in [-0.39, 0.29) is 29.6 Å². The average Bonchev–Trinajstić information content (AvgIpc) is 2.91. The number of nitrogens with two attached hydrogens (primary N) is 1. The largest absolute Gasteiger partial charge is 0.453 e. The number of piperidine rings is 1. The van der Waals surface area contributed by atoms with Crippen molar-refractivity contribution in [3.8, 4) is 11.3 Å². The molecule has 0 aliphatic carbocycles. The van der Waals surface area contributed by atoms with Gasteiger partial charge in [0.15, 0.2) is 0 Å². The number of halogens is 2. The smallest absolute Gasteiger partial charge is 0.409 e. The van der Waals surface area contributed by atoms with Gasteiger partial charge < -0.3 is 25.8 Å². The van der Waals surface area contributed by atoms with Gasteiger partial charge in [-0.05, 0) is 42.7 Å². The van der Waals surface area contributed by atoms with E-state index < -0.39 is 23.9 Å². The van der Waals surface area contributed by atoms with Gasteiger partial charge in [-0.3, -0.25) is 4.79 Å². The third-order valence-electron chi connectivity index (χ3n) is 6.32. The number of hydrogen-bond acceptors (Lipinski definition) is 7. The molecule has 37 heavy (non-hydrogen) atoms. The first-order valence-electron chi connectivity index (χ1n) is 11.7. The number of amides is 2. The van der Waals surface area contributed by atoms with E-state index in [4.69, 9.17) is 22.1 Å². The van der Waals surface area contributed by atoms with E-state index in [1.807, 2.05) is 0 Å². The van der Waals surface area contributed by atoms with E-state index in [1.54, 1.807) is 35.4 Å². The Morgan fingerprint density at radius 2 is 2.14 bits per heavy atom. The first kappa shape index (κ1) is 26.3. The molecule has 1 unspecified atom stereocenters. The third-order valence-corrected chi connectivity index (χ3v) is 6.55. The molecule has 2 atom stereocenters. The summed E-state index contributed by atoms with van der Waals surface area (Å²) in [6.07, 6.45) is 2.75. The van der Waals surface area contributed by atoms with Crippen molar-refractivity contribution >= 4 is 29.4 Å². The van der Waals surface area contributed by atoms with E-state index in [1.165, 1.54) is 25.3 Å². The van der Waals surface area contributed by atoms with Crippen LogP contribution in [0.15, 0.2) is 48.7 Å². The highest BCUT2D eigenvalue weighted by Gasteiger charge is 2.27. The number of methoxy groups -OCH3 is 1. The zero-order valence-electron chi connectivity index (χ0n) is 20.2. The molecule has 3 aromatic rings. The highest BCUT2D eigenvalue weighted by Crippen LogP contribution is 2.30. The quantitative estimate of drug-likeness (QED) is 0.442. The Morgan fingerprint density at radius 1 is 1.32 bits per heavy atom. The third kappa shape index (κ3) is 5.98. The number of nitrogens with zero attached hydrogens (tertiary/aromatic N) is 3. The van der Waals surface area contributed by atoms with Crippen LogP contribution in [0, 0.1) is 5.82 Å². The van der Waals surface area contributed by atoms with Crippen molar-refractivity contribution in [2.45, 2.75) is 24.8 Å². The predicted octanol–water partition coefficient (Wildman–Crippen LogP) is 3.93. The number of hydrogen-bond donors (Lipinski definition) is 3. The zero-order valence-corrected chi connectivity index (χ0v) is 20.9. The number of likely N-dealkylation sites (tertiary alicyclic amines) is 1. The molecule has 1 aliphatic rings. The minimum atomic E-state index is -0.779. The molecule has 0 bridgehead atoms. The molecule has 0 radical (unpaired) electrons. The van der Waals surface area contributed by atoms with Gasteiger partial charge in [0.05, 0.1) is 37.2 Å². The van der Waals surface area contributed by atoms with Crippen molar-refractivity contribution in [1.82, 2.24) is 20.2 Å². The number of aliphatic hydroxyl groups excluding tert-OH is 1. The fourth-order valence-electron chi connectivity index (χ4n) is 4.37. The number of aliphatic hydroxyl groups is 1. The Labute approximate surface area is 218 Å². The van der Waals surface area contributed by atoms with Gasteiger partial charge in [0.2, 0.25) is 0 Å². The second kappa shape index (κ2) is 11.5. The van der Waals surface area contributed by atoms with Crippen molar-refractivity contribution < 1.29 is 23.8 Å². The first-order valence-corrected chi connectivity index (χ1v) is 12.1. The van der Waals surface area contributed by atoms with E-state index in [9.17, 15) is 14.7 Å². The van der Waals surface area contributed by atoms with Gasteiger partial charge in [0.1, 0.15) is 17.3 Å². The molecule has 9 nitrogen and oxygen atoms in total. The van der Waals surface area contributed by atoms with Gasteiger partial charge in [-0.25, -0.2) is 19.2 Å². The average molecular weight is 528 g/mol. The summed E-state index contributed by atoms with van der Waals surface area (Å²) in [7, 11) is 1.34. The molecule has 4 rings (SSSR count). The summed E-state index contributed by atoms with van der Waals surface area (Å²) in [5.74, 6) is -1.43. The van der Waals surface area contributed by atoms with Gasteiger partial charge in [-0.1, -0.05) is 29.8 Å². The van der Waals surface area contributed by atoms with Crippen LogP contribution in [0.5, 0.6) is 0 Å². The standard InChI is InChI=1S/C26H27ClFN5O4/c1-37-26(36)33-9-3-5-17(13-33)21-12-30-24(29)23(31-21)16-7-8-19(20(28)11-16)25(35)32-22(14-34)15-4-2-6-18(27)10-15/h2,4,6-8,10-12,17,22,34H,3,5,9,13-14H2,1H3,(H2,29,30)(H,32,35)/t17?,22-/m1/s1. The normalized spacial score (nSPS) is 16.2. The van der Waals surface area contributed by atoms with Crippen molar-refractivity contribution in [3.63, 3.8) is 0 Å². The van der Waals surface area contributed by atoms with Crippen LogP contribution < -0.4 is 11.1 Å². The summed E-state index contributed by atoms with van der Waals surface area (Å²) in [6, 6.07) is 9.98. The molecular formula is C26H27ClFN5O4. The van der Waals surface area contributed by atoms with Gasteiger partial charge in [0, 0.05) is 29.6 Å². The summed E-state index contributed by atoms with van der Waals surface area (Å²) in [4.78, 5) is 35.2. The SMILES string of the molecule is COC(=O)N1CCCC(c2cnc(N)c(-c3ccc(C(=O)N[C@H](CO)c4cccc(Cl)c4)c(F)c3)n2)C1. The minimum absolute atomic E-state index is 0.0727. The number of carbonyl (C=O) groups is 2. The highest BCUT2D eigenvalue weighted by atomic mass is 35.5. The van der Waals surface area contributed by atoms with E-state index in [2.05, 4.69) is 15.3 Å². The van der Waals surface area contributed by atoms with Crippen LogP contribution in [0.2, 0.25) is 5.02 Å². The van der Waals surface area contributed by atoms with Gasteiger partial charge >= 0.3 is 6.09 Å². The number of nitrogen functional groups attached to an aromatic ring is 1. The Balaban J connectivity index is 1.55. The molecule has 1 aromatic heterocycles. The van der Waals surface area contributed by atoms with Gasteiger partial charge in [0.25, 0.3) is 5.91 Å². The first-order chi connectivity index (χ1) is 17.8. The number of benzene rings is 2. The number of anilines is 1. The Morgan fingerprint density at radius 3 is 2.84 bits per heavy atom. The summed E-state index contributed by atoms with van der Waals surface area (Å²) in [5, 5.41) is 12.8. The van der Waals surface area contributed by atoms with E-state index >= 15 is 4.39 Å². The minimum Gasteiger partial charge on any atom is -0.453 e. The molecule has 1 aliphatic heterocycles. The van der Waals surface area contributed by atoms with Gasteiger partial charge in [-0.15, -0.1) is 0 Å². The molecule has 194 valence electrons. The molecule has 2 amide bonds. The second-order valence-electron chi connectivity index (χ2n) is 8.74. The maximum absolute atomic E-state index is 15.1. The topological polar surface area (TPSA) is 131 Å². The van der Waals surface area contributed by atoms with E-state index in [0.717, 1.165) is 12.8 Å². The molecule has 0 spiro atoms. The second-order valence-corrected chi connectivity index (χ2v) is 9.18. The Hall–Kier alpha value is -3.76. The molecule has 11 heteroatoms. The molecule has 4 N–H and O–H groups in total. The van der Waals surface area contributed by atoms with Crippen LogP contribution in [0.1, 0.15) is 46.4 Å². The fourth-order valence-corrected chi connectivity index (χ4v) is 4.57. The molecule has 2 aromatic carbocycles. The summed E-state index contributed by atoms with van der Waals surface area (Å²) in [5.41, 5.74) is 7.72. The fraction of sp³-hybridized carbons (Fsp3) is 0.308. The maximum atomic E-state index is 15.1. The summed E-state index contributed by atoms with van der Waals surface area (Å²) < 4.78 is 19.9. The van der Waals surface area contributed by atoms with Crippen LogP contribution in [0.25, 0.3) is 11.3 Å². The number of ether oxygens (including phenoxy) is 1. The van der Waals surface area contributed by atoms with Crippen LogP contribution in [0.3, 0.4) is 0 Å². The molecule has 2 heterocycles. The number of nitrogens with one attached hydrogen (secondary N) is 1. The lowest BCUT2D eigenvalue weighted by atomic mass is 9.95. The van der Waals surface area contributed by atoms with Crippen LogP contribution in [-0.4, -0.2) is 58.8 Å². The number of carbonyl (C=O) groups excluding carboxylic acids is 2. The number of aromatic nitrogens is 2. The monoisotopic (exact) mass is 527 g/mol. The maximum Gasteiger partial charge on any atom is 0.409 e. The Kier molecular flexibility index (Phi) is 8.20. The number of rotatable bonds is 6.